The van der Waals surface area contributed by atoms with Gasteiger partial charge < -0.3 is 13.6 Å². The summed E-state index contributed by atoms with van der Waals surface area (Å²) in [6, 6.07) is 9.35. The fourth-order valence-corrected chi connectivity index (χ4v) is 3.67. The Kier molecular flexibility index (Phi) is 4.67. The Bertz CT molecular complexity index is 301. The lowest BCUT2D eigenvalue weighted by Gasteiger charge is -2.28. The van der Waals surface area contributed by atoms with Crippen molar-refractivity contribution in [1.82, 2.24) is 0 Å². The van der Waals surface area contributed by atoms with E-state index in [-0.39, 0.29) is 12.2 Å². The molecule has 0 aliphatic heterocycles. The van der Waals surface area contributed by atoms with Crippen molar-refractivity contribution in [2.24, 2.45) is 0 Å². The van der Waals surface area contributed by atoms with Gasteiger partial charge in [-0.25, -0.2) is 0 Å². The Balaban J connectivity index is 2.95. The maximum atomic E-state index is 10.5. The molecular weight excluding hydrogens is 220 g/mol. The molecule has 90 valence electrons. The number of rotatable bonds is 5. The van der Waals surface area contributed by atoms with Crippen LogP contribution in [0.5, 0.6) is 0 Å². The van der Waals surface area contributed by atoms with E-state index in [1.165, 1.54) is 0 Å². The van der Waals surface area contributed by atoms with E-state index >= 15 is 0 Å². The van der Waals surface area contributed by atoms with E-state index in [1.807, 2.05) is 58.0 Å². The summed E-state index contributed by atoms with van der Waals surface area (Å²) in [5, 5.41) is 0.748. The molecule has 0 fully saturated rings. The first-order chi connectivity index (χ1) is 7.44. The summed E-state index contributed by atoms with van der Waals surface area (Å²) in [5.41, 5.74) is 0. The van der Waals surface area contributed by atoms with Gasteiger partial charge >= 0.3 is 8.80 Å². The standard InChI is InChI=1S/C12H20O3Si/c1-10(2)14-16(13,15-11(3)4)12-8-6-5-7-9-12/h5-11,13H,1-4H3. The SMILES string of the molecule is CC(C)O[Si](O)(OC(C)C)c1ccccc1. The second kappa shape index (κ2) is 5.59. The average molecular weight is 240 g/mol. The number of hydrogen-bond donors (Lipinski definition) is 1. The molecule has 0 heterocycles. The number of benzene rings is 1. The minimum atomic E-state index is -3.25. The molecule has 0 unspecified atom stereocenters. The van der Waals surface area contributed by atoms with Crippen LogP contribution in [-0.2, 0) is 8.85 Å². The highest BCUT2D eigenvalue weighted by molar-refractivity contribution is 6.74. The molecular formula is C12H20O3Si. The lowest BCUT2D eigenvalue weighted by atomic mass is 10.4. The van der Waals surface area contributed by atoms with E-state index in [0.717, 1.165) is 5.19 Å². The Labute approximate surface area is 98.4 Å². The summed E-state index contributed by atoms with van der Waals surface area (Å²) >= 11 is 0. The molecule has 0 saturated heterocycles. The van der Waals surface area contributed by atoms with Gasteiger partial charge in [0.25, 0.3) is 0 Å². The van der Waals surface area contributed by atoms with Gasteiger partial charge in [-0.3, -0.25) is 0 Å². The van der Waals surface area contributed by atoms with Gasteiger partial charge in [-0.15, -0.1) is 0 Å². The molecule has 0 bridgehead atoms. The molecule has 16 heavy (non-hydrogen) atoms. The maximum Gasteiger partial charge on any atom is 0.534 e. The summed E-state index contributed by atoms with van der Waals surface area (Å²) in [7, 11) is -3.25. The molecule has 0 aliphatic carbocycles. The quantitative estimate of drug-likeness (QED) is 0.796. The average Bonchev–Trinajstić information content (AvgIpc) is 2.16. The number of hydrogen-bond acceptors (Lipinski definition) is 3. The molecule has 0 spiro atoms. The van der Waals surface area contributed by atoms with Crippen LogP contribution in [0.3, 0.4) is 0 Å². The highest BCUT2D eigenvalue weighted by Crippen LogP contribution is 2.10. The molecule has 0 saturated carbocycles. The Morgan fingerprint density at radius 2 is 1.38 bits per heavy atom. The third-order valence-corrected chi connectivity index (χ3v) is 4.57. The van der Waals surface area contributed by atoms with Crippen LogP contribution in [0.15, 0.2) is 30.3 Å². The lowest BCUT2D eigenvalue weighted by Crippen LogP contribution is -2.56. The van der Waals surface area contributed by atoms with E-state index in [1.54, 1.807) is 0 Å². The third-order valence-electron chi connectivity index (χ3n) is 1.93. The van der Waals surface area contributed by atoms with Crippen molar-refractivity contribution in [2.75, 3.05) is 0 Å². The van der Waals surface area contributed by atoms with Gasteiger partial charge in [0, 0.05) is 17.4 Å². The molecule has 0 aliphatic rings. The van der Waals surface area contributed by atoms with Crippen molar-refractivity contribution in [2.45, 2.75) is 39.9 Å². The zero-order chi connectivity index (χ0) is 12.2. The molecule has 0 amide bonds. The van der Waals surface area contributed by atoms with Crippen LogP contribution in [0.2, 0.25) is 0 Å². The van der Waals surface area contributed by atoms with Crippen molar-refractivity contribution in [3.8, 4) is 0 Å². The van der Waals surface area contributed by atoms with Crippen LogP contribution < -0.4 is 5.19 Å². The van der Waals surface area contributed by atoms with Gasteiger partial charge in [0.1, 0.15) is 0 Å². The van der Waals surface area contributed by atoms with Crippen molar-refractivity contribution in [3.63, 3.8) is 0 Å². The van der Waals surface area contributed by atoms with Crippen LogP contribution in [0, 0.1) is 0 Å². The van der Waals surface area contributed by atoms with Crippen molar-refractivity contribution in [1.29, 1.82) is 0 Å². The molecule has 1 N–H and O–H groups in total. The fourth-order valence-electron chi connectivity index (χ4n) is 1.45. The zero-order valence-electron chi connectivity index (χ0n) is 10.3. The minimum absolute atomic E-state index is 0.0596. The molecule has 1 aromatic carbocycles. The van der Waals surface area contributed by atoms with E-state index in [2.05, 4.69) is 0 Å². The van der Waals surface area contributed by atoms with E-state index in [0.29, 0.717) is 0 Å². The van der Waals surface area contributed by atoms with E-state index < -0.39 is 8.80 Å². The summed E-state index contributed by atoms with van der Waals surface area (Å²) < 4.78 is 11.2. The largest absolute Gasteiger partial charge is 0.534 e. The Morgan fingerprint density at radius 1 is 0.938 bits per heavy atom. The summed E-state index contributed by atoms with van der Waals surface area (Å²) in [4.78, 5) is 10.5. The summed E-state index contributed by atoms with van der Waals surface area (Å²) in [6.07, 6.45) is -0.119. The molecule has 0 atom stereocenters. The summed E-state index contributed by atoms with van der Waals surface area (Å²) in [5.74, 6) is 0. The normalized spacial score (nSPS) is 12.4. The van der Waals surface area contributed by atoms with Gasteiger partial charge in [-0.2, -0.15) is 0 Å². The van der Waals surface area contributed by atoms with Crippen molar-refractivity contribution in [3.05, 3.63) is 30.3 Å². The van der Waals surface area contributed by atoms with Gasteiger partial charge in [-0.1, -0.05) is 30.3 Å². The Morgan fingerprint density at radius 3 is 1.75 bits per heavy atom. The van der Waals surface area contributed by atoms with Gasteiger partial charge in [0.15, 0.2) is 0 Å². The molecule has 4 heteroatoms. The first-order valence-corrected chi connectivity index (χ1v) is 7.34. The fraction of sp³-hybridized carbons (Fsp3) is 0.500. The Hall–Kier alpha value is -0.683. The first kappa shape index (κ1) is 13.4. The highest BCUT2D eigenvalue weighted by Gasteiger charge is 2.41. The van der Waals surface area contributed by atoms with Crippen LogP contribution in [0.4, 0.5) is 0 Å². The molecule has 1 aromatic rings. The molecule has 0 radical (unpaired) electrons. The van der Waals surface area contributed by atoms with Gasteiger partial charge in [-0.05, 0) is 27.7 Å². The topological polar surface area (TPSA) is 38.7 Å². The predicted octanol–water partition coefficient (Wildman–Crippen LogP) is 1.67. The van der Waals surface area contributed by atoms with Crippen molar-refractivity contribution >= 4 is 14.0 Å². The van der Waals surface area contributed by atoms with Crippen molar-refractivity contribution < 1.29 is 13.6 Å². The zero-order valence-corrected chi connectivity index (χ0v) is 11.3. The van der Waals surface area contributed by atoms with Crippen LogP contribution in [0.25, 0.3) is 0 Å². The molecule has 3 nitrogen and oxygen atoms in total. The summed E-state index contributed by atoms with van der Waals surface area (Å²) in [6.45, 7) is 7.57. The van der Waals surface area contributed by atoms with E-state index in [9.17, 15) is 4.80 Å². The van der Waals surface area contributed by atoms with Crippen LogP contribution in [0.1, 0.15) is 27.7 Å². The van der Waals surface area contributed by atoms with Gasteiger partial charge in [0.2, 0.25) is 0 Å². The third kappa shape index (κ3) is 3.72. The minimum Gasteiger partial charge on any atom is -0.386 e. The monoisotopic (exact) mass is 240 g/mol. The molecule has 0 aromatic heterocycles. The smallest absolute Gasteiger partial charge is 0.386 e. The highest BCUT2D eigenvalue weighted by atomic mass is 28.4. The second-order valence-corrected chi connectivity index (χ2v) is 6.49. The van der Waals surface area contributed by atoms with Crippen LogP contribution in [-0.4, -0.2) is 25.8 Å². The maximum absolute atomic E-state index is 10.5. The second-order valence-electron chi connectivity index (χ2n) is 4.28. The van der Waals surface area contributed by atoms with Crippen LogP contribution >= 0.6 is 0 Å². The first-order valence-electron chi connectivity index (χ1n) is 5.57. The van der Waals surface area contributed by atoms with E-state index in [4.69, 9.17) is 8.85 Å². The van der Waals surface area contributed by atoms with Gasteiger partial charge in [0.05, 0.1) is 0 Å². The molecule has 1 rings (SSSR count). The lowest BCUT2D eigenvalue weighted by molar-refractivity contribution is 0.0605. The predicted molar refractivity (Wildman–Crippen MR) is 66.5 cm³/mol.